The number of aliphatic imine (C=N–C) groups is 1. The van der Waals surface area contributed by atoms with Crippen LogP contribution in [0.15, 0.2) is 65.7 Å². The number of hydrogen-bond donors (Lipinski definition) is 1. The van der Waals surface area contributed by atoms with Crippen molar-refractivity contribution in [1.29, 1.82) is 0 Å². The Balaban J connectivity index is 1.82. The monoisotopic (exact) mass is 272 g/mol. The van der Waals surface area contributed by atoms with Crippen LogP contribution >= 0.6 is 0 Å². The van der Waals surface area contributed by atoms with Gasteiger partial charge in [-0.1, -0.05) is 48.5 Å². The third kappa shape index (κ3) is 2.17. The zero-order valence-corrected chi connectivity index (χ0v) is 11.2. The number of benzene rings is 2. The predicted octanol–water partition coefficient (Wildman–Crippen LogP) is 3.86. The lowest BCUT2D eigenvalue weighted by Gasteiger charge is -1.96. The van der Waals surface area contributed by atoms with Crippen LogP contribution in [0.1, 0.15) is 5.56 Å². The highest BCUT2D eigenvalue weighted by Gasteiger charge is 2.06. The van der Waals surface area contributed by atoms with Crippen LogP contribution in [0, 0.1) is 0 Å². The van der Waals surface area contributed by atoms with Gasteiger partial charge in [0.15, 0.2) is 11.5 Å². The molecule has 21 heavy (non-hydrogen) atoms. The van der Waals surface area contributed by atoms with Gasteiger partial charge < -0.3 is 0 Å². The fourth-order valence-electron chi connectivity index (χ4n) is 2.31. The van der Waals surface area contributed by atoms with Gasteiger partial charge in [0.1, 0.15) is 0 Å². The van der Waals surface area contributed by atoms with Crippen molar-refractivity contribution in [2.24, 2.45) is 4.99 Å². The van der Waals surface area contributed by atoms with Crippen LogP contribution in [0.3, 0.4) is 0 Å². The molecule has 0 amide bonds. The van der Waals surface area contributed by atoms with Crippen molar-refractivity contribution in [3.63, 3.8) is 0 Å². The number of fused-ring (bicyclic) bond motifs is 2. The van der Waals surface area contributed by atoms with E-state index < -0.39 is 0 Å². The van der Waals surface area contributed by atoms with E-state index in [0.717, 1.165) is 27.5 Å². The first-order valence-electron chi connectivity index (χ1n) is 6.73. The van der Waals surface area contributed by atoms with Crippen LogP contribution in [-0.2, 0) is 0 Å². The number of nitrogens with zero attached hydrogens (tertiary/aromatic N) is 3. The van der Waals surface area contributed by atoms with E-state index in [0.29, 0.717) is 5.82 Å². The van der Waals surface area contributed by atoms with Crippen molar-refractivity contribution in [3.8, 4) is 0 Å². The van der Waals surface area contributed by atoms with Gasteiger partial charge in [0.25, 0.3) is 0 Å². The zero-order chi connectivity index (χ0) is 14.1. The van der Waals surface area contributed by atoms with Crippen molar-refractivity contribution in [2.75, 3.05) is 0 Å². The molecule has 0 unspecified atom stereocenters. The molecule has 0 saturated carbocycles. The minimum atomic E-state index is 0.659. The molecule has 2 aromatic heterocycles. The van der Waals surface area contributed by atoms with Crippen LogP contribution in [-0.4, -0.2) is 21.4 Å². The molecule has 0 aliphatic rings. The van der Waals surface area contributed by atoms with Crippen molar-refractivity contribution < 1.29 is 0 Å². The van der Waals surface area contributed by atoms with Gasteiger partial charge in [0, 0.05) is 11.6 Å². The Morgan fingerprint density at radius 3 is 2.67 bits per heavy atom. The summed E-state index contributed by atoms with van der Waals surface area (Å²) in [5.74, 6) is 0.659. The van der Waals surface area contributed by atoms with Crippen LogP contribution in [0.2, 0.25) is 0 Å². The van der Waals surface area contributed by atoms with E-state index in [-0.39, 0.29) is 0 Å². The quantitative estimate of drug-likeness (QED) is 0.563. The zero-order valence-electron chi connectivity index (χ0n) is 11.2. The van der Waals surface area contributed by atoms with Crippen LogP contribution in [0.4, 0.5) is 5.82 Å². The van der Waals surface area contributed by atoms with E-state index in [4.69, 9.17) is 0 Å². The second-order valence-corrected chi connectivity index (χ2v) is 4.79. The molecule has 1 N–H and O–H groups in total. The number of aromatic nitrogens is 3. The Morgan fingerprint density at radius 1 is 0.952 bits per heavy atom. The highest BCUT2D eigenvalue weighted by atomic mass is 15.2. The van der Waals surface area contributed by atoms with E-state index >= 15 is 0 Å². The topological polar surface area (TPSA) is 53.9 Å². The van der Waals surface area contributed by atoms with Gasteiger partial charge in [-0.15, -0.1) is 0 Å². The van der Waals surface area contributed by atoms with Gasteiger partial charge in [0.2, 0.25) is 0 Å². The van der Waals surface area contributed by atoms with Crippen molar-refractivity contribution >= 4 is 34.0 Å². The van der Waals surface area contributed by atoms with Gasteiger partial charge in [0.05, 0.1) is 10.9 Å². The third-order valence-electron chi connectivity index (χ3n) is 3.37. The average molecular weight is 272 g/mol. The number of H-pyrrole nitrogens is 1. The molecule has 0 spiro atoms. The molecule has 0 saturated heterocycles. The SMILES string of the molecule is C(=Nc1n[nH]c2nc3ccccc3cc12)c1ccccc1. The lowest BCUT2D eigenvalue weighted by atomic mass is 10.2. The van der Waals surface area contributed by atoms with Crippen LogP contribution in [0.25, 0.3) is 21.9 Å². The summed E-state index contributed by atoms with van der Waals surface area (Å²) >= 11 is 0. The minimum Gasteiger partial charge on any atom is -0.259 e. The molecule has 4 nitrogen and oxygen atoms in total. The Morgan fingerprint density at radius 2 is 1.76 bits per heavy atom. The lowest BCUT2D eigenvalue weighted by Crippen LogP contribution is -1.80. The molecule has 0 fully saturated rings. The summed E-state index contributed by atoms with van der Waals surface area (Å²) in [7, 11) is 0. The van der Waals surface area contributed by atoms with E-state index in [1.165, 1.54) is 0 Å². The smallest absolute Gasteiger partial charge is 0.183 e. The summed E-state index contributed by atoms with van der Waals surface area (Å²) in [6, 6.07) is 20.0. The largest absolute Gasteiger partial charge is 0.259 e. The molecule has 0 aliphatic carbocycles. The number of para-hydroxylation sites is 1. The van der Waals surface area contributed by atoms with Gasteiger partial charge in [-0.2, -0.15) is 5.10 Å². The van der Waals surface area contributed by atoms with E-state index in [9.17, 15) is 0 Å². The molecule has 100 valence electrons. The fraction of sp³-hybridized carbons (Fsp3) is 0. The normalized spacial score (nSPS) is 11.6. The molecule has 0 bridgehead atoms. The summed E-state index contributed by atoms with van der Waals surface area (Å²) in [6.45, 7) is 0. The molecular formula is C17H12N4. The van der Waals surface area contributed by atoms with Gasteiger partial charge in [-0.3, -0.25) is 5.10 Å². The van der Waals surface area contributed by atoms with E-state index in [1.54, 1.807) is 0 Å². The molecular weight excluding hydrogens is 260 g/mol. The van der Waals surface area contributed by atoms with E-state index in [2.05, 4.69) is 26.2 Å². The molecule has 2 aromatic carbocycles. The summed E-state index contributed by atoms with van der Waals surface area (Å²) in [5.41, 5.74) is 2.75. The molecule has 2 heterocycles. The second-order valence-electron chi connectivity index (χ2n) is 4.79. The van der Waals surface area contributed by atoms with Crippen LogP contribution < -0.4 is 0 Å². The number of hydrogen-bond acceptors (Lipinski definition) is 3. The maximum Gasteiger partial charge on any atom is 0.183 e. The molecule has 0 aliphatic heterocycles. The number of aromatic amines is 1. The first kappa shape index (κ1) is 11.8. The highest BCUT2D eigenvalue weighted by molar-refractivity contribution is 5.97. The van der Waals surface area contributed by atoms with E-state index in [1.807, 2.05) is 60.8 Å². The van der Waals surface area contributed by atoms with Gasteiger partial charge >= 0.3 is 0 Å². The Labute approximate surface area is 121 Å². The summed E-state index contributed by atoms with van der Waals surface area (Å²) in [6.07, 6.45) is 1.81. The van der Waals surface area contributed by atoms with Crippen LogP contribution in [0.5, 0.6) is 0 Å². The Kier molecular flexibility index (Phi) is 2.71. The standard InChI is InChI=1S/C17H12N4/c1-2-6-12(7-3-1)11-18-16-14-10-13-8-4-5-9-15(13)19-17(14)21-20-16/h1-11H,(H,19,20,21). The van der Waals surface area contributed by atoms with Gasteiger partial charge in [-0.05, 0) is 17.7 Å². The van der Waals surface area contributed by atoms with Crippen molar-refractivity contribution in [1.82, 2.24) is 15.2 Å². The predicted molar refractivity (Wildman–Crippen MR) is 85.1 cm³/mol. The first-order valence-corrected chi connectivity index (χ1v) is 6.73. The molecule has 4 heteroatoms. The number of rotatable bonds is 2. The molecule has 4 rings (SSSR count). The highest BCUT2D eigenvalue weighted by Crippen LogP contribution is 2.25. The average Bonchev–Trinajstić information content (AvgIpc) is 2.94. The minimum absolute atomic E-state index is 0.659. The Bertz CT molecular complexity index is 939. The van der Waals surface area contributed by atoms with Gasteiger partial charge in [-0.25, -0.2) is 9.98 Å². The fourth-order valence-corrected chi connectivity index (χ4v) is 2.31. The number of pyridine rings is 1. The van der Waals surface area contributed by atoms with Crippen molar-refractivity contribution in [2.45, 2.75) is 0 Å². The maximum absolute atomic E-state index is 4.56. The summed E-state index contributed by atoms with van der Waals surface area (Å²) in [5, 5.41) is 9.21. The number of nitrogens with one attached hydrogen (secondary N) is 1. The molecule has 4 aromatic rings. The third-order valence-corrected chi connectivity index (χ3v) is 3.37. The van der Waals surface area contributed by atoms with Crippen molar-refractivity contribution in [3.05, 3.63) is 66.2 Å². The second kappa shape index (κ2) is 4.83. The maximum atomic E-state index is 4.56. The molecule has 0 radical (unpaired) electrons. The Hall–Kier alpha value is -3.01. The summed E-state index contributed by atoms with van der Waals surface area (Å²) in [4.78, 5) is 9.03. The summed E-state index contributed by atoms with van der Waals surface area (Å²) < 4.78 is 0. The lowest BCUT2D eigenvalue weighted by molar-refractivity contribution is 1.09. The molecule has 0 atom stereocenters. The first-order chi connectivity index (χ1) is 10.4.